The van der Waals surface area contributed by atoms with Crippen LogP contribution in [0.5, 0.6) is 0 Å². The number of carbonyl (C=O) groups is 2. The number of ketones is 1. The zero-order valence-corrected chi connectivity index (χ0v) is 20.1. The van der Waals surface area contributed by atoms with Crippen molar-refractivity contribution >= 4 is 45.0 Å². The molecule has 34 heavy (non-hydrogen) atoms. The number of amidine groups is 1. The third-order valence-corrected chi connectivity index (χ3v) is 6.34. The Morgan fingerprint density at radius 2 is 1.85 bits per heavy atom. The Hall–Kier alpha value is -3.53. The molecule has 10 heteroatoms. The summed E-state index contributed by atoms with van der Waals surface area (Å²) in [4.78, 5) is 31.2. The van der Waals surface area contributed by atoms with Gasteiger partial charge in [-0.05, 0) is 64.7 Å². The van der Waals surface area contributed by atoms with Gasteiger partial charge in [0.15, 0.2) is 5.84 Å². The van der Waals surface area contributed by atoms with Gasteiger partial charge in [-0.15, -0.1) is 0 Å². The average molecular weight is 527 g/mol. The number of rotatable bonds is 5. The van der Waals surface area contributed by atoms with E-state index < -0.39 is 5.82 Å². The van der Waals surface area contributed by atoms with E-state index in [0.29, 0.717) is 37.3 Å². The lowest BCUT2D eigenvalue weighted by atomic mass is 9.92. The number of likely N-dealkylation sites (tertiary alicyclic amines) is 1. The number of benzene rings is 2. The van der Waals surface area contributed by atoms with Crippen molar-refractivity contribution in [2.75, 3.05) is 18.4 Å². The molecule has 4 rings (SSSR count). The van der Waals surface area contributed by atoms with E-state index in [1.807, 2.05) is 37.5 Å². The molecule has 3 N–H and O–H groups in total. The first-order chi connectivity index (χ1) is 16.3. The van der Waals surface area contributed by atoms with Crippen LogP contribution in [0.15, 0.2) is 64.3 Å². The summed E-state index contributed by atoms with van der Waals surface area (Å²) < 4.78 is 15.4. The number of hydrogen-bond donors (Lipinski definition) is 2. The highest BCUT2D eigenvalue weighted by Crippen LogP contribution is 2.24. The van der Waals surface area contributed by atoms with Gasteiger partial charge in [-0.3, -0.25) is 9.48 Å². The number of aliphatic imine (C=N–C) groups is 1. The molecule has 176 valence electrons. The molecule has 1 aliphatic heterocycles. The van der Waals surface area contributed by atoms with E-state index in [4.69, 9.17) is 5.73 Å². The highest BCUT2D eigenvalue weighted by atomic mass is 79.9. The van der Waals surface area contributed by atoms with Crippen molar-refractivity contribution in [1.82, 2.24) is 14.7 Å². The van der Waals surface area contributed by atoms with E-state index in [1.165, 1.54) is 18.2 Å². The second-order valence-electron chi connectivity index (χ2n) is 8.13. The summed E-state index contributed by atoms with van der Waals surface area (Å²) in [5.74, 6) is -1.10. The molecule has 1 saturated heterocycles. The van der Waals surface area contributed by atoms with Crippen LogP contribution in [0, 0.1) is 11.7 Å². The van der Waals surface area contributed by atoms with E-state index in [9.17, 15) is 14.0 Å². The quantitative estimate of drug-likeness (QED) is 0.377. The van der Waals surface area contributed by atoms with E-state index in [-0.39, 0.29) is 28.0 Å². The standard InChI is InChI=1S/C24H24BrFN6O2/c1-31-14-17(13-28-31)15-2-4-18(5-3-15)30-24(34)32-10-8-16(9-11-32)22(33)23(27)29-19-6-7-21(26)20(25)12-19/h2-7,12-14,16H,8-11H2,1H3,(H2,27,29)(H,30,34). The molecule has 0 atom stereocenters. The molecule has 0 aliphatic carbocycles. The van der Waals surface area contributed by atoms with Gasteiger partial charge in [-0.1, -0.05) is 12.1 Å². The van der Waals surface area contributed by atoms with Gasteiger partial charge in [0.25, 0.3) is 0 Å². The number of aryl methyl sites for hydroxylation is 1. The number of Topliss-reactive ketones (excluding diaryl/α,β-unsaturated/α-hetero) is 1. The Balaban J connectivity index is 1.30. The lowest BCUT2D eigenvalue weighted by Gasteiger charge is -2.31. The predicted octanol–water partition coefficient (Wildman–Crippen LogP) is 4.49. The zero-order valence-electron chi connectivity index (χ0n) is 18.5. The number of halogens is 2. The Morgan fingerprint density at radius 3 is 2.47 bits per heavy atom. The molecule has 0 saturated carbocycles. The molecule has 2 heterocycles. The monoisotopic (exact) mass is 526 g/mol. The van der Waals surface area contributed by atoms with Crippen LogP contribution in [-0.4, -0.2) is 45.4 Å². The molecule has 8 nitrogen and oxygen atoms in total. The first-order valence-electron chi connectivity index (χ1n) is 10.8. The zero-order chi connectivity index (χ0) is 24.2. The summed E-state index contributed by atoms with van der Waals surface area (Å²) in [6.07, 6.45) is 4.70. The number of nitrogens with two attached hydrogens (primary N) is 1. The predicted molar refractivity (Wildman–Crippen MR) is 132 cm³/mol. The minimum Gasteiger partial charge on any atom is -0.381 e. The second kappa shape index (κ2) is 10.2. The molecule has 1 aromatic heterocycles. The van der Waals surface area contributed by atoms with Crippen LogP contribution in [0.3, 0.4) is 0 Å². The number of aromatic nitrogens is 2. The van der Waals surface area contributed by atoms with Crippen molar-refractivity contribution in [3.63, 3.8) is 0 Å². The number of piperidine rings is 1. The van der Waals surface area contributed by atoms with Crippen LogP contribution < -0.4 is 11.1 Å². The van der Waals surface area contributed by atoms with Crippen LogP contribution in [0.2, 0.25) is 0 Å². The maximum atomic E-state index is 13.4. The summed E-state index contributed by atoms with van der Waals surface area (Å²) in [5.41, 5.74) is 9.01. The summed E-state index contributed by atoms with van der Waals surface area (Å²) in [5, 5.41) is 7.07. The third kappa shape index (κ3) is 5.51. The Morgan fingerprint density at radius 1 is 1.15 bits per heavy atom. The van der Waals surface area contributed by atoms with Gasteiger partial charge in [0, 0.05) is 43.5 Å². The van der Waals surface area contributed by atoms with E-state index in [1.54, 1.807) is 15.8 Å². The largest absolute Gasteiger partial charge is 0.381 e. The summed E-state index contributed by atoms with van der Waals surface area (Å²) >= 11 is 3.09. The first-order valence-corrected chi connectivity index (χ1v) is 11.6. The lowest BCUT2D eigenvalue weighted by molar-refractivity contribution is -0.117. The normalized spacial score (nSPS) is 14.8. The molecular formula is C24H24BrFN6O2. The van der Waals surface area contributed by atoms with Crippen molar-refractivity contribution < 1.29 is 14.0 Å². The van der Waals surface area contributed by atoms with Crippen molar-refractivity contribution in [3.8, 4) is 11.1 Å². The number of amides is 2. The molecule has 0 unspecified atom stereocenters. The average Bonchev–Trinajstić information content (AvgIpc) is 3.27. The van der Waals surface area contributed by atoms with E-state index >= 15 is 0 Å². The fourth-order valence-corrected chi connectivity index (χ4v) is 4.19. The van der Waals surface area contributed by atoms with Gasteiger partial charge in [-0.25, -0.2) is 14.2 Å². The number of anilines is 1. The lowest BCUT2D eigenvalue weighted by Crippen LogP contribution is -2.44. The van der Waals surface area contributed by atoms with E-state index in [0.717, 1.165) is 11.1 Å². The van der Waals surface area contributed by atoms with Crippen molar-refractivity contribution in [1.29, 1.82) is 0 Å². The van der Waals surface area contributed by atoms with Crippen LogP contribution in [0.1, 0.15) is 12.8 Å². The third-order valence-electron chi connectivity index (χ3n) is 5.73. The first kappa shape index (κ1) is 23.6. The van der Waals surface area contributed by atoms with Crippen molar-refractivity contribution in [3.05, 3.63) is 65.1 Å². The number of carbonyl (C=O) groups excluding carboxylic acids is 2. The second-order valence-corrected chi connectivity index (χ2v) is 8.99. The van der Waals surface area contributed by atoms with Crippen LogP contribution >= 0.6 is 15.9 Å². The van der Waals surface area contributed by atoms with Gasteiger partial charge in [0.1, 0.15) is 5.82 Å². The number of hydrogen-bond acceptors (Lipinski definition) is 4. The topological polar surface area (TPSA) is 106 Å². The highest BCUT2D eigenvalue weighted by molar-refractivity contribution is 9.10. The highest BCUT2D eigenvalue weighted by Gasteiger charge is 2.29. The fraction of sp³-hybridized carbons (Fsp3) is 0.250. The fourth-order valence-electron chi connectivity index (χ4n) is 3.82. The van der Waals surface area contributed by atoms with Gasteiger partial charge in [0.05, 0.1) is 16.4 Å². The molecular weight excluding hydrogens is 503 g/mol. The van der Waals surface area contributed by atoms with Crippen LogP contribution in [0.4, 0.5) is 20.6 Å². The minimum absolute atomic E-state index is 0.116. The molecule has 2 amide bonds. The van der Waals surface area contributed by atoms with Gasteiger partial charge >= 0.3 is 6.03 Å². The van der Waals surface area contributed by atoms with E-state index in [2.05, 4.69) is 31.3 Å². The molecule has 0 spiro atoms. The van der Waals surface area contributed by atoms with Crippen molar-refractivity contribution in [2.24, 2.45) is 23.7 Å². The SMILES string of the molecule is Cn1cc(-c2ccc(NC(=O)N3CCC(C(=O)C(N)=Nc4ccc(F)c(Br)c4)CC3)cc2)cn1. The van der Waals surface area contributed by atoms with Crippen LogP contribution in [-0.2, 0) is 11.8 Å². The Kier molecular flexibility index (Phi) is 7.06. The number of nitrogens with zero attached hydrogens (tertiary/aromatic N) is 4. The van der Waals surface area contributed by atoms with Gasteiger partial charge in [0.2, 0.25) is 5.78 Å². The number of urea groups is 1. The molecule has 2 aromatic carbocycles. The molecule has 0 radical (unpaired) electrons. The minimum atomic E-state index is -0.418. The van der Waals surface area contributed by atoms with Crippen molar-refractivity contribution in [2.45, 2.75) is 12.8 Å². The van der Waals surface area contributed by atoms with Gasteiger partial charge in [-0.2, -0.15) is 5.10 Å². The summed E-state index contributed by atoms with van der Waals surface area (Å²) in [6, 6.07) is 11.5. The Bertz CT molecular complexity index is 1230. The van der Waals surface area contributed by atoms with Gasteiger partial charge < -0.3 is 16.0 Å². The molecule has 0 bridgehead atoms. The van der Waals surface area contributed by atoms with Crippen LogP contribution in [0.25, 0.3) is 11.1 Å². The maximum Gasteiger partial charge on any atom is 0.321 e. The maximum absolute atomic E-state index is 13.4. The molecule has 1 aliphatic rings. The molecule has 1 fully saturated rings. The molecule has 3 aromatic rings. The Labute approximate surface area is 204 Å². The smallest absolute Gasteiger partial charge is 0.321 e. The number of nitrogens with one attached hydrogen (secondary N) is 1. The summed E-state index contributed by atoms with van der Waals surface area (Å²) in [7, 11) is 1.86. The summed E-state index contributed by atoms with van der Waals surface area (Å²) in [6.45, 7) is 0.872.